The van der Waals surface area contributed by atoms with Crippen molar-refractivity contribution in [3.05, 3.63) is 0 Å². The second-order valence-corrected chi connectivity index (χ2v) is 18.3. The Bertz CT molecular complexity index is 514. The zero-order valence-electron chi connectivity index (χ0n) is 25.9. The molecule has 0 N–H and O–H groups in total. The van der Waals surface area contributed by atoms with Gasteiger partial charge in [0.25, 0.3) is 0 Å². The molecule has 2 fully saturated rings. The number of hydrogen-bond acceptors (Lipinski definition) is 6. The molecule has 0 aromatic heterocycles. The van der Waals surface area contributed by atoms with Crippen molar-refractivity contribution in [3.63, 3.8) is 0 Å². The molecule has 4 nitrogen and oxygen atoms in total. The van der Waals surface area contributed by atoms with Crippen molar-refractivity contribution in [3.8, 4) is 0 Å². The van der Waals surface area contributed by atoms with Crippen LogP contribution < -0.4 is 0 Å². The van der Waals surface area contributed by atoms with E-state index in [1.165, 1.54) is 33.6 Å². The van der Waals surface area contributed by atoms with Gasteiger partial charge in [-0.05, 0) is 24.7 Å². The van der Waals surface area contributed by atoms with Crippen LogP contribution in [0.4, 0.5) is 0 Å². The first-order valence-electron chi connectivity index (χ1n) is 16.1. The number of thiol groups is 2. The molecule has 7 heteroatoms. The molecule has 0 amide bonds. The molecule has 230 valence electrons. The monoisotopic (exact) mass is 694 g/mol. The topological polar surface area (TPSA) is 52.6 Å². The van der Waals surface area contributed by atoms with Gasteiger partial charge in [0.05, 0.1) is 24.7 Å². The summed E-state index contributed by atoms with van der Waals surface area (Å²) in [7, 11) is 0. The van der Waals surface area contributed by atoms with Crippen molar-refractivity contribution in [1.82, 2.24) is 0 Å². The Labute approximate surface area is 263 Å². The van der Waals surface area contributed by atoms with Gasteiger partial charge < -0.3 is 9.47 Å². The summed E-state index contributed by atoms with van der Waals surface area (Å²) in [6.45, 7) is 10.00. The van der Waals surface area contributed by atoms with Crippen molar-refractivity contribution in [2.45, 2.75) is 151 Å². The third kappa shape index (κ3) is 28.3. The van der Waals surface area contributed by atoms with E-state index in [1.54, 1.807) is 64.2 Å². The molecule has 0 atom stereocenters. The van der Waals surface area contributed by atoms with Crippen LogP contribution in [0.3, 0.4) is 0 Å². The van der Waals surface area contributed by atoms with Gasteiger partial charge in [-0.2, -0.15) is 25.3 Å². The van der Waals surface area contributed by atoms with Gasteiger partial charge in [-0.15, -0.1) is 0 Å². The summed E-state index contributed by atoms with van der Waals surface area (Å²) in [5.74, 6) is 1.50. The van der Waals surface area contributed by atoms with E-state index in [9.17, 15) is 9.59 Å². The van der Waals surface area contributed by atoms with Crippen LogP contribution in [0.5, 0.6) is 0 Å². The Morgan fingerprint density at radius 2 is 0.974 bits per heavy atom. The van der Waals surface area contributed by atoms with E-state index in [-0.39, 0.29) is 44.6 Å². The average Bonchev–Trinajstić information content (AvgIpc) is 2.93. The second-order valence-electron chi connectivity index (χ2n) is 12.1. The van der Waals surface area contributed by atoms with Crippen LogP contribution in [0.25, 0.3) is 0 Å². The summed E-state index contributed by atoms with van der Waals surface area (Å²) < 4.78 is 12.3. The van der Waals surface area contributed by atoms with Crippen LogP contribution in [0.1, 0.15) is 143 Å². The molecule has 0 aliphatic heterocycles. The Kier molecular flexibility index (Phi) is 28.9. The molecule has 0 spiro atoms. The Hall–Kier alpha value is 0.439. The molecule has 0 bridgehead atoms. The zero-order valence-corrected chi connectivity index (χ0v) is 30.5. The van der Waals surface area contributed by atoms with Crippen LogP contribution in [-0.4, -0.2) is 57.8 Å². The van der Waals surface area contributed by atoms with Gasteiger partial charge in [-0.1, -0.05) is 66.2 Å². The van der Waals surface area contributed by atoms with Crippen molar-refractivity contribution >= 4 is 58.3 Å². The zero-order chi connectivity index (χ0) is 29.1. The van der Waals surface area contributed by atoms with E-state index in [4.69, 9.17) is 9.47 Å². The summed E-state index contributed by atoms with van der Waals surface area (Å²) in [4.78, 5) is 21.3. The van der Waals surface area contributed by atoms with Crippen LogP contribution in [0, 0.1) is 11.8 Å². The van der Waals surface area contributed by atoms with Gasteiger partial charge in [0, 0.05) is 0 Å². The molecular weight excluding hydrogens is 631 g/mol. The van der Waals surface area contributed by atoms with Gasteiger partial charge in [0.1, 0.15) is 0 Å². The maximum absolute atomic E-state index is 10.7. The maximum Gasteiger partial charge on any atom is 0.315 e. The fourth-order valence-corrected chi connectivity index (χ4v) is 11.3. The molecular formula is C32H62O4S2Sn. The molecule has 0 aromatic carbocycles. The van der Waals surface area contributed by atoms with E-state index < -0.39 is 0 Å². The number of ether oxygens (including phenoxy) is 2. The average molecular weight is 694 g/mol. The Balaban J connectivity index is 0.000000555. The molecule has 0 saturated heterocycles. The van der Waals surface area contributed by atoms with Gasteiger partial charge in [0.15, 0.2) is 0 Å². The van der Waals surface area contributed by atoms with Crippen LogP contribution in [-0.2, 0) is 19.1 Å². The number of carbonyl (C=O) groups is 2. The smallest absolute Gasteiger partial charge is 0.315 e. The summed E-state index contributed by atoms with van der Waals surface area (Å²) in [5.41, 5.74) is 0. The molecule has 2 aliphatic rings. The quantitative estimate of drug-likeness (QED) is 0.0732. The fourth-order valence-electron chi connectivity index (χ4n) is 5.00. The minimum absolute atomic E-state index is 0.0367. The normalized spacial score (nSPS) is 16.2. The summed E-state index contributed by atoms with van der Waals surface area (Å²) in [6, 6.07) is 0. The fraction of sp³-hybridized carbons (Fsp3) is 0.938. The number of carbonyl (C=O) groups excluding carboxylic acids is 2. The molecule has 0 aromatic rings. The Morgan fingerprint density at radius 1 is 0.615 bits per heavy atom. The van der Waals surface area contributed by atoms with Gasteiger partial charge in [-0.25, -0.2) is 0 Å². The number of hydrogen-bond donors (Lipinski definition) is 2. The molecule has 0 heterocycles. The van der Waals surface area contributed by atoms with Crippen molar-refractivity contribution in [1.29, 1.82) is 0 Å². The molecule has 2 aliphatic carbocycles. The van der Waals surface area contributed by atoms with Gasteiger partial charge >= 0.3 is 105 Å². The molecule has 2 radical (unpaired) electrons. The largest absolute Gasteiger partial charge is 0.465 e. The van der Waals surface area contributed by atoms with E-state index in [1.807, 2.05) is 0 Å². The molecule has 2 rings (SSSR count). The van der Waals surface area contributed by atoms with E-state index in [2.05, 4.69) is 53.0 Å². The molecule has 2 saturated carbocycles. The predicted molar refractivity (Wildman–Crippen MR) is 176 cm³/mol. The maximum atomic E-state index is 10.7. The van der Waals surface area contributed by atoms with E-state index in [0.29, 0.717) is 13.2 Å². The van der Waals surface area contributed by atoms with Crippen molar-refractivity contribution in [2.75, 3.05) is 24.7 Å². The van der Waals surface area contributed by atoms with E-state index >= 15 is 0 Å². The van der Waals surface area contributed by atoms with E-state index in [0.717, 1.165) is 37.5 Å². The first kappa shape index (κ1) is 39.4. The molecule has 0 unspecified atom stereocenters. The van der Waals surface area contributed by atoms with Crippen LogP contribution in [0.2, 0.25) is 7.87 Å². The third-order valence-corrected chi connectivity index (χ3v) is 13.8. The van der Waals surface area contributed by atoms with Crippen molar-refractivity contribution in [2.24, 2.45) is 11.8 Å². The first-order valence-corrected chi connectivity index (χ1v) is 20.6. The second kappa shape index (κ2) is 28.6. The molecule has 39 heavy (non-hydrogen) atoms. The van der Waals surface area contributed by atoms with Gasteiger partial charge in [0.2, 0.25) is 0 Å². The summed E-state index contributed by atoms with van der Waals surface area (Å²) >= 11 is 7.66. The first-order chi connectivity index (χ1) is 18.8. The minimum atomic E-state index is -0.216. The number of esters is 2. The standard InChI is InChI=1S/2C10H20O2S.2C6H11.Sn/c2*1-9(2)6-4-3-5-7-12-10(11)8-13;2*1-2-4-6-5-3-1;/h2*9,13H,3-8H2,1-2H3;2*1H,2-6H2;. The SMILES string of the molecule is C1CC[CH]([Sn][CH]2CCCCC2)CC1.CC(C)CCCCCOC(=O)CS.CC(C)CCCCCOC(=O)CS. The predicted octanol–water partition coefficient (Wildman–Crippen LogP) is 9.55. The summed E-state index contributed by atoms with van der Waals surface area (Å²) in [5, 5.41) is 0. The minimum Gasteiger partial charge on any atom is -0.465 e. The number of rotatable bonds is 16. The Morgan fingerprint density at radius 3 is 1.28 bits per heavy atom. The summed E-state index contributed by atoms with van der Waals surface area (Å²) in [6.07, 6.45) is 25.1. The van der Waals surface area contributed by atoms with Crippen LogP contribution >= 0.6 is 25.3 Å². The number of unbranched alkanes of at least 4 members (excludes halogenated alkanes) is 4. The van der Waals surface area contributed by atoms with Crippen LogP contribution in [0.15, 0.2) is 0 Å². The van der Waals surface area contributed by atoms with Gasteiger partial charge in [-0.3, -0.25) is 9.59 Å². The van der Waals surface area contributed by atoms with Crippen molar-refractivity contribution < 1.29 is 19.1 Å². The third-order valence-electron chi connectivity index (χ3n) is 7.32.